The molecule has 1 heterocycles. The van der Waals surface area contributed by atoms with Gasteiger partial charge in [-0.2, -0.15) is 0 Å². The Hall–Kier alpha value is -1.39. The van der Waals surface area contributed by atoms with Gasteiger partial charge in [0.05, 0.1) is 12.5 Å². The van der Waals surface area contributed by atoms with Gasteiger partial charge in [-0.05, 0) is 24.9 Å². The Morgan fingerprint density at radius 3 is 2.86 bits per heavy atom. The molecular formula is C17H25NO3. The van der Waals surface area contributed by atoms with Crippen molar-refractivity contribution in [1.82, 2.24) is 4.90 Å². The van der Waals surface area contributed by atoms with E-state index in [9.17, 15) is 9.90 Å². The van der Waals surface area contributed by atoms with E-state index in [1.165, 1.54) is 0 Å². The van der Waals surface area contributed by atoms with Gasteiger partial charge >= 0.3 is 5.97 Å². The molecule has 21 heavy (non-hydrogen) atoms. The molecule has 1 aromatic rings. The lowest BCUT2D eigenvalue weighted by Gasteiger charge is -2.35. The Balaban J connectivity index is 1.79. The second kappa shape index (κ2) is 8.15. The van der Waals surface area contributed by atoms with Crippen LogP contribution in [-0.4, -0.2) is 41.7 Å². The average molecular weight is 291 g/mol. The zero-order valence-corrected chi connectivity index (χ0v) is 12.7. The minimum Gasteiger partial charge on any atom is -0.461 e. The van der Waals surface area contributed by atoms with Crippen LogP contribution in [0.3, 0.4) is 0 Å². The summed E-state index contributed by atoms with van der Waals surface area (Å²) in [5, 5.41) is 9.41. The van der Waals surface area contributed by atoms with Crippen LogP contribution in [0.5, 0.6) is 0 Å². The summed E-state index contributed by atoms with van der Waals surface area (Å²) in [6.45, 7) is 4.02. The Morgan fingerprint density at radius 1 is 1.38 bits per heavy atom. The van der Waals surface area contributed by atoms with Crippen LogP contribution in [0.25, 0.3) is 0 Å². The number of nitrogens with zero attached hydrogens (tertiary/aromatic N) is 1. The first kappa shape index (κ1) is 16.0. The normalized spacial score (nSPS) is 21.0. The van der Waals surface area contributed by atoms with Crippen molar-refractivity contribution in [2.45, 2.75) is 38.8 Å². The maximum atomic E-state index is 12.1. The molecule has 116 valence electrons. The van der Waals surface area contributed by atoms with Gasteiger partial charge in [-0.1, -0.05) is 43.7 Å². The number of hydrogen-bond acceptors (Lipinski definition) is 4. The van der Waals surface area contributed by atoms with E-state index in [4.69, 9.17) is 4.74 Å². The van der Waals surface area contributed by atoms with E-state index >= 15 is 0 Å². The van der Waals surface area contributed by atoms with Crippen molar-refractivity contribution >= 4 is 5.97 Å². The number of aliphatic hydroxyl groups excluding tert-OH is 1. The summed E-state index contributed by atoms with van der Waals surface area (Å²) >= 11 is 0. The molecule has 0 radical (unpaired) electrons. The monoisotopic (exact) mass is 291 g/mol. The fourth-order valence-corrected chi connectivity index (χ4v) is 2.80. The Bertz CT molecular complexity index is 435. The number of esters is 1. The lowest BCUT2D eigenvalue weighted by Crippen LogP contribution is -2.45. The summed E-state index contributed by atoms with van der Waals surface area (Å²) in [6.07, 6.45) is 3.32. The fraction of sp³-hybridized carbons (Fsp3) is 0.588. The molecule has 1 aliphatic heterocycles. The van der Waals surface area contributed by atoms with Gasteiger partial charge in [-0.15, -0.1) is 0 Å². The number of ether oxygens (including phenoxy) is 1. The van der Waals surface area contributed by atoms with Crippen LogP contribution < -0.4 is 0 Å². The second-order valence-electron chi connectivity index (χ2n) is 5.82. The molecule has 0 aromatic heterocycles. The van der Waals surface area contributed by atoms with Gasteiger partial charge in [0.2, 0.25) is 0 Å². The van der Waals surface area contributed by atoms with E-state index < -0.39 is 0 Å². The van der Waals surface area contributed by atoms with Crippen LogP contribution >= 0.6 is 0 Å². The van der Waals surface area contributed by atoms with Crippen LogP contribution in [0.15, 0.2) is 30.3 Å². The smallest absolute Gasteiger partial charge is 0.310 e. The standard InChI is InChI=1S/C17H25NO3/c1-14(11-18-10-6-5-9-16(18)12-19)17(20)21-13-15-7-3-2-4-8-15/h2-4,7-8,14,16,19H,5-6,9-13H2,1H3. The van der Waals surface area contributed by atoms with E-state index in [1.807, 2.05) is 37.3 Å². The van der Waals surface area contributed by atoms with E-state index in [1.54, 1.807) is 0 Å². The quantitative estimate of drug-likeness (QED) is 0.817. The third kappa shape index (κ3) is 4.83. The van der Waals surface area contributed by atoms with Gasteiger partial charge in [-0.25, -0.2) is 0 Å². The maximum Gasteiger partial charge on any atom is 0.310 e. The molecular weight excluding hydrogens is 266 g/mol. The first-order chi connectivity index (χ1) is 10.2. The Labute approximate surface area is 126 Å². The summed E-state index contributed by atoms with van der Waals surface area (Å²) in [5.41, 5.74) is 1.00. The number of hydrogen-bond donors (Lipinski definition) is 1. The zero-order valence-electron chi connectivity index (χ0n) is 12.7. The largest absolute Gasteiger partial charge is 0.461 e. The SMILES string of the molecule is CC(CN1CCCCC1CO)C(=O)OCc1ccccc1. The highest BCUT2D eigenvalue weighted by atomic mass is 16.5. The maximum absolute atomic E-state index is 12.1. The van der Waals surface area contributed by atoms with Gasteiger partial charge in [0.25, 0.3) is 0 Å². The molecule has 0 saturated carbocycles. The lowest BCUT2D eigenvalue weighted by atomic mass is 10.0. The molecule has 0 aliphatic carbocycles. The van der Waals surface area contributed by atoms with Crippen molar-refractivity contribution in [3.63, 3.8) is 0 Å². The van der Waals surface area contributed by atoms with Crippen LogP contribution in [0.2, 0.25) is 0 Å². The van der Waals surface area contributed by atoms with E-state index in [0.29, 0.717) is 13.2 Å². The fourth-order valence-electron chi connectivity index (χ4n) is 2.80. The van der Waals surface area contributed by atoms with Crippen LogP contribution in [0.4, 0.5) is 0 Å². The van der Waals surface area contributed by atoms with E-state index in [-0.39, 0.29) is 24.5 Å². The highest BCUT2D eigenvalue weighted by Gasteiger charge is 2.26. The number of carbonyl (C=O) groups excluding carboxylic acids is 1. The summed E-state index contributed by atoms with van der Waals surface area (Å²) in [5.74, 6) is -0.332. The first-order valence-corrected chi connectivity index (χ1v) is 7.76. The minimum atomic E-state index is -0.166. The number of aliphatic hydroxyl groups is 1. The predicted octanol–water partition coefficient (Wildman–Crippen LogP) is 2.21. The van der Waals surface area contributed by atoms with Crippen molar-refractivity contribution < 1.29 is 14.6 Å². The molecule has 2 unspecified atom stereocenters. The third-order valence-corrected chi connectivity index (χ3v) is 4.09. The first-order valence-electron chi connectivity index (χ1n) is 7.76. The summed E-state index contributed by atoms with van der Waals surface area (Å²) in [4.78, 5) is 14.3. The van der Waals surface area contributed by atoms with Gasteiger partial charge in [0, 0.05) is 12.6 Å². The van der Waals surface area contributed by atoms with E-state index in [0.717, 1.165) is 31.4 Å². The summed E-state index contributed by atoms with van der Waals surface area (Å²) < 4.78 is 5.37. The molecule has 2 rings (SSSR count). The topological polar surface area (TPSA) is 49.8 Å². The molecule has 1 N–H and O–H groups in total. The molecule has 0 spiro atoms. The van der Waals surface area contributed by atoms with Gasteiger partial charge in [0.1, 0.15) is 6.61 Å². The minimum absolute atomic E-state index is 0.166. The van der Waals surface area contributed by atoms with E-state index in [2.05, 4.69) is 4.90 Å². The molecule has 1 saturated heterocycles. The van der Waals surface area contributed by atoms with Crippen molar-refractivity contribution in [2.75, 3.05) is 19.7 Å². The zero-order chi connectivity index (χ0) is 15.1. The lowest BCUT2D eigenvalue weighted by molar-refractivity contribution is -0.150. The summed E-state index contributed by atoms with van der Waals surface area (Å²) in [7, 11) is 0. The Kier molecular flexibility index (Phi) is 6.21. The van der Waals surface area contributed by atoms with Crippen molar-refractivity contribution in [3.05, 3.63) is 35.9 Å². The van der Waals surface area contributed by atoms with Crippen molar-refractivity contribution in [3.8, 4) is 0 Å². The number of likely N-dealkylation sites (tertiary alicyclic amines) is 1. The molecule has 1 fully saturated rings. The van der Waals surface area contributed by atoms with Gasteiger partial charge in [0.15, 0.2) is 0 Å². The molecule has 4 heteroatoms. The molecule has 1 aliphatic rings. The van der Waals surface area contributed by atoms with Crippen LogP contribution in [0, 0.1) is 5.92 Å². The molecule has 1 aromatic carbocycles. The average Bonchev–Trinajstić information content (AvgIpc) is 2.54. The van der Waals surface area contributed by atoms with Gasteiger partial charge in [-0.3, -0.25) is 9.69 Å². The predicted molar refractivity (Wildman–Crippen MR) is 81.7 cm³/mol. The molecule has 4 nitrogen and oxygen atoms in total. The van der Waals surface area contributed by atoms with Crippen LogP contribution in [0.1, 0.15) is 31.7 Å². The van der Waals surface area contributed by atoms with Crippen molar-refractivity contribution in [1.29, 1.82) is 0 Å². The molecule has 2 atom stereocenters. The second-order valence-corrected chi connectivity index (χ2v) is 5.82. The number of benzene rings is 1. The third-order valence-electron chi connectivity index (χ3n) is 4.09. The van der Waals surface area contributed by atoms with Gasteiger partial charge < -0.3 is 9.84 Å². The molecule has 0 bridgehead atoms. The number of piperidine rings is 1. The molecule has 0 amide bonds. The number of rotatable bonds is 6. The number of carbonyl (C=O) groups is 1. The van der Waals surface area contributed by atoms with Crippen LogP contribution in [-0.2, 0) is 16.1 Å². The Morgan fingerprint density at radius 2 is 2.14 bits per heavy atom. The highest BCUT2D eigenvalue weighted by molar-refractivity contribution is 5.72. The van der Waals surface area contributed by atoms with Crippen molar-refractivity contribution in [2.24, 2.45) is 5.92 Å². The summed E-state index contributed by atoms with van der Waals surface area (Å²) in [6, 6.07) is 9.91. The highest BCUT2D eigenvalue weighted by Crippen LogP contribution is 2.18.